The van der Waals surface area contributed by atoms with E-state index in [0.717, 1.165) is 26.7 Å². The van der Waals surface area contributed by atoms with Crippen LogP contribution in [-0.4, -0.2) is 11.0 Å². The van der Waals surface area contributed by atoms with Gasteiger partial charge < -0.3 is 9.30 Å². The standard InChI is InChI=1S/C20H18BrNO2/c1-14-3-7-17(8-4-14)19-15(2)11-22(20(19)24-13-23)12-16-5-9-18(21)10-6-16/h3-11,13H,12H2,1-2H3. The Kier molecular flexibility index (Phi) is 4.86. The molecule has 0 radical (unpaired) electrons. The van der Waals surface area contributed by atoms with Crippen LogP contribution in [0.4, 0.5) is 0 Å². The van der Waals surface area contributed by atoms with Crippen LogP contribution in [0.15, 0.2) is 59.2 Å². The number of halogens is 1. The minimum atomic E-state index is 0.491. The first-order valence-electron chi connectivity index (χ1n) is 7.70. The average molecular weight is 384 g/mol. The summed E-state index contributed by atoms with van der Waals surface area (Å²) >= 11 is 3.44. The van der Waals surface area contributed by atoms with Crippen molar-refractivity contribution in [3.05, 3.63) is 75.9 Å². The lowest BCUT2D eigenvalue weighted by atomic mass is 10.0. The highest BCUT2D eigenvalue weighted by Crippen LogP contribution is 2.35. The van der Waals surface area contributed by atoms with E-state index in [-0.39, 0.29) is 0 Å². The molecule has 3 rings (SSSR count). The predicted molar refractivity (Wildman–Crippen MR) is 99.3 cm³/mol. The van der Waals surface area contributed by atoms with Crippen LogP contribution in [0.25, 0.3) is 11.1 Å². The maximum absolute atomic E-state index is 11.0. The Bertz CT molecular complexity index is 849. The molecule has 0 saturated carbocycles. The van der Waals surface area contributed by atoms with Gasteiger partial charge in [-0.2, -0.15) is 0 Å². The van der Waals surface area contributed by atoms with Crippen molar-refractivity contribution in [1.29, 1.82) is 0 Å². The molecule has 24 heavy (non-hydrogen) atoms. The third-order valence-electron chi connectivity index (χ3n) is 3.98. The largest absolute Gasteiger partial charge is 0.411 e. The lowest BCUT2D eigenvalue weighted by molar-refractivity contribution is -0.121. The highest BCUT2D eigenvalue weighted by molar-refractivity contribution is 9.10. The zero-order valence-electron chi connectivity index (χ0n) is 13.6. The lowest BCUT2D eigenvalue weighted by Gasteiger charge is -2.10. The maximum atomic E-state index is 11.0. The molecule has 0 bridgehead atoms. The molecule has 3 nitrogen and oxygen atoms in total. The summed E-state index contributed by atoms with van der Waals surface area (Å²) in [4.78, 5) is 11.0. The summed E-state index contributed by atoms with van der Waals surface area (Å²) in [7, 11) is 0. The molecule has 3 aromatic rings. The number of hydrogen-bond acceptors (Lipinski definition) is 2. The number of carbonyl (C=O) groups is 1. The number of aromatic nitrogens is 1. The van der Waals surface area contributed by atoms with Gasteiger partial charge in [0, 0.05) is 16.2 Å². The summed E-state index contributed by atoms with van der Waals surface area (Å²) in [6, 6.07) is 16.3. The fourth-order valence-electron chi connectivity index (χ4n) is 2.82. The molecule has 4 heteroatoms. The molecular formula is C20H18BrNO2. The van der Waals surface area contributed by atoms with E-state index in [9.17, 15) is 4.79 Å². The molecule has 122 valence electrons. The van der Waals surface area contributed by atoms with Crippen molar-refractivity contribution in [2.75, 3.05) is 0 Å². The fraction of sp³-hybridized carbons (Fsp3) is 0.150. The highest BCUT2D eigenvalue weighted by atomic mass is 79.9. The number of aryl methyl sites for hydroxylation is 2. The van der Waals surface area contributed by atoms with E-state index in [0.29, 0.717) is 18.9 Å². The number of ether oxygens (including phenoxy) is 1. The van der Waals surface area contributed by atoms with Gasteiger partial charge in [0.2, 0.25) is 5.88 Å². The van der Waals surface area contributed by atoms with Gasteiger partial charge in [0.15, 0.2) is 0 Å². The Morgan fingerprint density at radius 1 is 1.04 bits per heavy atom. The lowest BCUT2D eigenvalue weighted by Crippen LogP contribution is -2.03. The quantitative estimate of drug-likeness (QED) is 0.572. The van der Waals surface area contributed by atoms with Gasteiger partial charge in [0.25, 0.3) is 6.47 Å². The van der Waals surface area contributed by atoms with Gasteiger partial charge in [-0.15, -0.1) is 0 Å². The molecule has 0 amide bonds. The summed E-state index contributed by atoms with van der Waals surface area (Å²) in [6.45, 7) is 5.22. The zero-order valence-corrected chi connectivity index (χ0v) is 15.2. The van der Waals surface area contributed by atoms with E-state index in [1.165, 1.54) is 5.56 Å². The van der Waals surface area contributed by atoms with Crippen molar-refractivity contribution in [1.82, 2.24) is 4.57 Å². The molecule has 0 atom stereocenters. The maximum Gasteiger partial charge on any atom is 0.299 e. The minimum Gasteiger partial charge on any atom is -0.411 e. The van der Waals surface area contributed by atoms with Crippen LogP contribution in [0.1, 0.15) is 16.7 Å². The molecule has 0 saturated heterocycles. The third-order valence-corrected chi connectivity index (χ3v) is 4.51. The summed E-state index contributed by atoms with van der Waals surface area (Å²) in [5.74, 6) is 0.578. The first-order chi connectivity index (χ1) is 11.6. The first-order valence-corrected chi connectivity index (χ1v) is 8.49. The molecule has 0 fully saturated rings. The van der Waals surface area contributed by atoms with E-state index < -0.39 is 0 Å². The van der Waals surface area contributed by atoms with Gasteiger partial charge in [0.05, 0.1) is 6.54 Å². The number of hydrogen-bond donors (Lipinski definition) is 0. The molecule has 0 aliphatic rings. The molecule has 1 heterocycles. The van der Waals surface area contributed by atoms with Crippen molar-refractivity contribution in [3.63, 3.8) is 0 Å². The fourth-order valence-corrected chi connectivity index (χ4v) is 3.08. The summed E-state index contributed by atoms with van der Waals surface area (Å²) in [5, 5.41) is 0. The van der Waals surface area contributed by atoms with Crippen LogP contribution in [0.5, 0.6) is 5.88 Å². The van der Waals surface area contributed by atoms with Crippen LogP contribution < -0.4 is 4.74 Å². The van der Waals surface area contributed by atoms with Crippen LogP contribution >= 0.6 is 15.9 Å². The Labute approximate surface area is 150 Å². The van der Waals surface area contributed by atoms with Crippen LogP contribution in [0.3, 0.4) is 0 Å². The van der Waals surface area contributed by atoms with E-state index in [1.807, 2.05) is 29.8 Å². The first kappa shape index (κ1) is 16.5. The number of carbonyl (C=O) groups excluding carboxylic acids is 1. The van der Waals surface area contributed by atoms with E-state index in [4.69, 9.17) is 4.74 Å². The van der Waals surface area contributed by atoms with E-state index in [1.54, 1.807) is 0 Å². The minimum absolute atomic E-state index is 0.491. The second kappa shape index (κ2) is 7.05. The average Bonchev–Trinajstić information content (AvgIpc) is 2.86. The van der Waals surface area contributed by atoms with Crippen molar-refractivity contribution < 1.29 is 9.53 Å². The number of rotatable bonds is 5. The van der Waals surface area contributed by atoms with Crippen molar-refractivity contribution in [2.45, 2.75) is 20.4 Å². The third kappa shape index (κ3) is 3.44. The monoisotopic (exact) mass is 383 g/mol. The Hall–Kier alpha value is -2.33. The molecule has 1 aromatic heterocycles. The summed E-state index contributed by atoms with van der Waals surface area (Å²) in [6.07, 6.45) is 2.02. The number of benzene rings is 2. The molecule has 2 aromatic carbocycles. The molecular weight excluding hydrogens is 366 g/mol. The van der Waals surface area contributed by atoms with Gasteiger partial charge in [-0.25, -0.2) is 0 Å². The van der Waals surface area contributed by atoms with E-state index in [2.05, 4.69) is 59.3 Å². The summed E-state index contributed by atoms with van der Waals surface area (Å²) < 4.78 is 8.36. The van der Waals surface area contributed by atoms with E-state index >= 15 is 0 Å². The van der Waals surface area contributed by atoms with Gasteiger partial charge in [-0.1, -0.05) is 57.9 Å². The molecule has 0 spiro atoms. The smallest absolute Gasteiger partial charge is 0.299 e. The highest BCUT2D eigenvalue weighted by Gasteiger charge is 2.17. The van der Waals surface area contributed by atoms with Gasteiger partial charge >= 0.3 is 0 Å². The van der Waals surface area contributed by atoms with Crippen LogP contribution in [-0.2, 0) is 11.3 Å². The normalized spacial score (nSPS) is 10.6. The van der Waals surface area contributed by atoms with Crippen molar-refractivity contribution in [2.24, 2.45) is 0 Å². The Morgan fingerprint density at radius 2 is 1.71 bits per heavy atom. The molecule has 0 aliphatic heterocycles. The van der Waals surface area contributed by atoms with Crippen molar-refractivity contribution >= 4 is 22.4 Å². The van der Waals surface area contributed by atoms with Crippen LogP contribution in [0.2, 0.25) is 0 Å². The topological polar surface area (TPSA) is 31.2 Å². The van der Waals surface area contributed by atoms with Gasteiger partial charge in [0.1, 0.15) is 0 Å². The number of nitrogens with zero attached hydrogens (tertiary/aromatic N) is 1. The Balaban J connectivity index is 2.03. The Morgan fingerprint density at radius 3 is 2.33 bits per heavy atom. The predicted octanol–water partition coefficient (Wildman–Crippen LogP) is 5.12. The van der Waals surface area contributed by atoms with Crippen LogP contribution in [0, 0.1) is 13.8 Å². The zero-order chi connectivity index (χ0) is 17.1. The molecule has 0 unspecified atom stereocenters. The molecule has 0 aliphatic carbocycles. The summed E-state index contributed by atoms with van der Waals surface area (Å²) in [5.41, 5.74) is 5.42. The second-order valence-corrected chi connectivity index (χ2v) is 6.74. The van der Waals surface area contributed by atoms with Gasteiger partial charge in [-0.05, 0) is 42.7 Å². The van der Waals surface area contributed by atoms with Gasteiger partial charge in [-0.3, -0.25) is 4.79 Å². The molecule has 0 N–H and O–H groups in total. The second-order valence-electron chi connectivity index (χ2n) is 5.83. The van der Waals surface area contributed by atoms with Crippen molar-refractivity contribution in [3.8, 4) is 17.0 Å². The SMILES string of the molecule is Cc1ccc(-c2c(C)cn(Cc3ccc(Br)cc3)c2OC=O)cc1.